The van der Waals surface area contributed by atoms with Crippen molar-refractivity contribution in [3.05, 3.63) is 70.2 Å². The summed E-state index contributed by atoms with van der Waals surface area (Å²) in [6.07, 6.45) is -4.43. The Hall–Kier alpha value is -2.54. The molecule has 27 heavy (non-hydrogen) atoms. The summed E-state index contributed by atoms with van der Waals surface area (Å²) < 4.78 is 38.9. The molecule has 0 radical (unpaired) electrons. The van der Waals surface area contributed by atoms with Gasteiger partial charge in [0.25, 0.3) is 5.91 Å². The van der Waals surface area contributed by atoms with Gasteiger partial charge in [0.05, 0.1) is 16.1 Å². The van der Waals surface area contributed by atoms with E-state index in [4.69, 9.17) is 11.6 Å². The van der Waals surface area contributed by atoms with Gasteiger partial charge < -0.3 is 10.6 Å². The van der Waals surface area contributed by atoms with Gasteiger partial charge in [0.1, 0.15) is 6.04 Å². The van der Waals surface area contributed by atoms with Gasteiger partial charge in [0, 0.05) is 6.54 Å². The van der Waals surface area contributed by atoms with E-state index < -0.39 is 29.6 Å². The molecule has 1 atom stereocenters. The van der Waals surface area contributed by atoms with Gasteiger partial charge >= 0.3 is 6.18 Å². The van der Waals surface area contributed by atoms with Crippen molar-refractivity contribution >= 4 is 23.4 Å². The first kappa shape index (κ1) is 20.8. The number of hydrogen-bond acceptors (Lipinski definition) is 2. The number of amides is 2. The van der Waals surface area contributed by atoms with Gasteiger partial charge in [-0.3, -0.25) is 9.59 Å². The van der Waals surface area contributed by atoms with Crippen molar-refractivity contribution in [3.63, 3.8) is 0 Å². The van der Waals surface area contributed by atoms with Crippen molar-refractivity contribution in [2.75, 3.05) is 6.54 Å². The smallest absolute Gasteiger partial charge is 0.354 e. The molecule has 4 nitrogen and oxygen atoms in total. The minimum absolute atomic E-state index is 0.0121. The first-order chi connectivity index (χ1) is 12.7. The maximum atomic E-state index is 13.0. The summed E-state index contributed by atoms with van der Waals surface area (Å²) in [4.78, 5) is 24.2. The fourth-order valence-electron chi connectivity index (χ4n) is 2.47. The topological polar surface area (TPSA) is 58.2 Å². The van der Waals surface area contributed by atoms with E-state index in [9.17, 15) is 22.8 Å². The summed E-state index contributed by atoms with van der Waals surface area (Å²) in [5.41, 5.74) is -0.393. The van der Waals surface area contributed by atoms with Crippen LogP contribution in [-0.4, -0.2) is 24.4 Å². The third-order valence-electron chi connectivity index (χ3n) is 3.88. The van der Waals surface area contributed by atoms with Crippen LogP contribution in [0.2, 0.25) is 5.02 Å². The lowest BCUT2D eigenvalue weighted by Crippen LogP contribution is -2.45. The number of carbonyl (C=O) groups excluding carboxylic acids is 2. The summed E-state index contributed by atoms with van der Waals surface area (Å²) in [5.74, 6) is -1.01. The van der Waals surface area contributed by atoms with Crippen LogP contribution in [0, 0.1) is 0 Å². The molecule has 1 unspecified atom stereocenters. The van der Waals surface area contributed by atoms with E-state index in [2.05, 4.69) is 10.6 Å². The molecule has 2 rings (SSSR count). The van der Waals surface area contributed by atoms with Crippen molar-refractivity contribution < 1.29 is 22.8 Å². The van der Waals surface area contributed by atoms with Crippen molar-refractivity contribution in [3.8, 4) is 0 Å². The first-order valence-electron chi connectivity index (χ1n) is 8.18. The number of alkyl halides is 3. The molecule has 0 fully saturated rings. The molecule has 0 bridgehead atoms. The second kappa shape index (κ2) is 8.90. The molecule has 0 saturated heterocycles. The summed E-state index contributed by atoms with van der Waals surface area (Å²) in [6, 6.07) is 10.7. The van der Waals surface area contributed by atoms with Gasteiger partial charge in [-0.25, -0.2) is 0 Å². The Bertz CT molecular complexity index is 825. The average Bonchev–Trinajstić information content (AvgIpc) is 2.61. The zero-order valence-corrected chi connectivity index (χ0v) is 15.2. The van der Waals surface area contributed by atoms with Gasteiger partial charge in [-0.05, 0) is 37.1 Å². The van der Waals surface area contributed by atoms with Crippen LogP contribution in [0.25, 0.3) is 0 Å². The molecule has 0 heterocycles. The Morgan fingerprint density at radius 3 is 2.37 bits per heavy atom. The number of benzene rings is 2. The highest BCUT2D eigenvalue weighted by Crippen LogP contribution is 2.31. The Morgan fingerprint density at radius 2 is 1.70 bits per heavy atom. The fourth-order valence-corrected chi connectivity index (χ4v) is 2.70. The molecule has 0 aliphatic heterocycles. The lowest BCUT2D eigenvalue weighted by molar-refractivity contribution is -0.138. The van der Waals surface area contributed by atoms with E-state index in [1.807, 2.05) is 0 Å². The maximum absolute atomic E-state index is 13.0. The standard InChI is InChI=1S/C19H18ClF3N2O2/c1-12(25-18(27)14-7-3-5-9-16(14)20)17(26)24-11-10-13-6-2-4-8-15(13)19(21,22)23/h2-9,12H,10-11H2,1H3,(H,24,26)(H,25,27). The predicted molar refractivity (Wildman–Crippen MR) is 96.5 cm³/mol. The molecule has 144 valence electrons. The molecule has 0 spiro atoms. The fraction of sp³-hybridized carbons (Fsp3) is 0.263. The molecule has 2 aromatic rings. The van der Waals surface area contributed by atoms with E-state index in [0.717, 1.165) is 6.07 Å². The van der Waals surface area contributed by atoms with Crippen LogP contribution in [0.3, 0.4) is 0 Å². The van der Waals surface area contributed by atoms with Gasteiger partial charge in [-0.2, -0.15) is 13.2 Å². The monoisotopic (exact) mass is 398 g/mol. The quantitative estimate of drug-likeness (QED) is 0.776. The Balaban J connectivity index is 1.89. The second-order valence-electron chi connectivity index (χ2n) is 5.87. The van der Waals surface area contributed by atoms with Crippen molar-refractivity contribution in [2.24, 2.45) is 0 Å². The Morgan fingerprint density at radius 1 is 1.07 bits per heavy atom. The Labute approximate surface area is 159 Å². The van der Waals surface area contributed by atoms with Crippen LogP contribution >= 0.6 is 11.6 Å². The molecule has 2 aromatic carbocycles. The molecule has 0 aliphatic rings. The van der Waals surface area contributed by atoms with Crippen molar-refractivity contribution in [1.82, 2.24) is 10.6 Å². The highest BCUT2D eigenvalue weighted by atomic mass is 35.5. The summed E-state index contributed by atoms with van der Waals surface area (Å²) in [5, 5.41) is 5.29. The first-order valence-corrected chi connectivity index (χ1v) is 8.56. The van der Waals surface area contributed by atoms with E-state index in [1.54, 1.807) is 18.2 Å². The van der Waals surface area contributed by atoms with Gasteiger partial charge in [-0.1, -0.05) is 41.9 Å². The molecule has 0 aliphatic carbocycles. The Kier molecular flexibility index (Phi) is 6.85. The number of hydrogen-bond donors (Lipinski definition) is 2. The normalized spacial score (nSPS) is 12.3. The summed E-state index contributed by atoms with van der Waals surface area (Å²) in [6.45, 7) is 1.49. The zero-order valence-electron chi connectivity index (χ0n) is 14.4. The molecule has 0 aromatic heterocycles. The molecule has 2 N–H and O–H groups in total. The molecule has 8 heteroatoms. The molecular formula is C19H18ClF3N2O2. The largest absolute Gasteiger partial charge is 0.416 e. The van der Waals surface area contributed by atoms with Gasteiger partial charge in [0.15, 0.2) is 0 Å². The predicted octanol–water partition coefficient (Wildman–Crippen LogP) is 3.84. The number of nitrogens with one attached hydrogen (secondary N) is 2. The zero-order chi connectivity index (χ0) is 20.0. The van der Waals surface area contributed by atoms with Crippen LogP contribution in [0.4, 0.5) is 13.2 Å². The third kappa shape index (κ3) is 5.72. The summed E-state index contributed by atoms with van der Waals surface area (Å²) in [7, 11) is 0. The van der Waals surface area contributed by atoms with Gasteiger partial charge in [0.2, 0.25) is 5.91 Å². The van der Waals surface area contributed by atoms with E-state index in [0.29, 0.717) is 0 Å². The van der Waals surface area contributed by atoms with E-state index in [1.165, 1.54) is 31.2 Å². The highest BCUT2D eigenvalue weighted by molar-refractivity contribution is 6.33. The minimum atomic E-state index is -4.45. The number of halogens is 4. The maximum Gasteiger partial charge on any atom is 0.416 e. The van der Waals surface area contributed by atoms with E-state index >= 15 is 0 Å². The van der Waals surface area contributed by atoms with Crippen molar-refractivity contribution in [1.29, 1.82) is 0 Å². The minimum Gasteiger partial charge on any atom is -0.354 e. The van der Waals surface area contributed by atoms with Crippen LogP contribution in [0.5, 0.6) is 0 Å². The third-order valence-corrected chi connectivity index (χ3v) is 4.21. The van der Waals surface area contributed by atoms with Crippen LogP contribution in [0.15, 0.2) is 48.5 Å². The van der Waals surface area contributed by atoms with Crippen molar-refractivity contribution in [2.45, 2.75) is 25.6 Å². The lowest BCUT2D eigenvalue weighted by atomic mass is 10.0. The average molecular weight is 399 g/mol. The highest BCUT2D eigenvalue weighted by Gasteiger charge is 2.32. The SMILES string of the molecule is CC(NC(=O)c1ccccc1Cl)C(=O)NCCc1ccccc1C(F)(F)F. The lowest BCUT2D eigenvalue weighted by Gasteiger charge is -2.16. The number of rotatable bonds is 6. The van der Waals surface area contributed by atoms with Crippen LogP contribution < -0.4 is 10.6 Å². The summed E-state index contributed by atoms with van der Waals surface area (Å²) >= 11 is 5.93. The van der Waals surface area contributed by atoms with Crippen LogP contribution in [0.1, 0.15) is 28.4 Å². The second-order valence-corrected chi connectivity index (χ2v) is 6.28. The van der Waals surface area contributed by atoms with E-state index in [-0.39, 0.29) is 29.1 Å². The molecule has 2 amide bonds. The molecular weight excluding hydrogens is 381 g/mol. The van der Waals surface area contributed by atoms with Crippen LogP contribution in [-0.2, 0) is 17.4 Å². The molecule has 0 saturated carbocycles. The van der Waals surface area contributed by atoms with Gasteiger partial charge in [-0.15, -0.1) is 0 Å². The number of carbonyl (C=O) groups is 2.